The van der Waals surface area contributed by atoms with E-state index in [2.05, 4.69) is 9.47 Å². The Hall–Kier alpha value is -0.990. The Balaban J connectivity index is 0. The van der Waals surface area contributed by atoms with E-state index in [-0.39, 0.29) is 12.8 Å². The van der Waals surface area contributed by atoms with Gasteiger partial charge in [-0.05, 0) is 0 Å². The molecule has 0 radical (unpaired) electrons. The van der Waals surface area contributed by atoms with Gasteiger partial charge in [0.1, 0.15) is 0 Å². The van der Waals surface area contributed by atoms with Crippen molar-refractivity contribution >= 4 is 23.3 Å². The summed E-state index contributed by atoms with van der Waals surface area (Å²) in [6.07, 6.45) is 0.173. The normalized spacial score (nSPS) is 10.6. The lowest BCUT2D eigenvalue weighted by Gasteiger charge is -1.96. The van der Waals surface area contributed by atoms with Crippen LogP contribution in [0.3, 0.4) is 0 Å². The molecule has 0 aromatic carbocycles. The van der Waals surface area contributed by atoms with E-state index >= 15 is 0 Å². The molecule has 0 bridgehead atoms. The fourth-order valence-corrected chi connectivity index (χ4v) is 0.408. The predicted molar refractivity (Wildman–Crippen MR) is 44.8 cm³/mol. The van der Waals surface area contributed by atoms with E-state index in [0.717, 1.165) is 0 Å². The largest absolute Gasteiger partial charge is 0.750 e. The number of hydrogen-bond acceptors (Lipinski definition) is 6. The molecule has 0 aromatic rings. The second-order valence-electron chi connectivity index (χ2n) is 1.87. The summed E-state index contributed by atoms with van der Waals surface area (Å²) in [5.74, 6) is -0.796. The van der Waals surface area contributed by atoms with E-state index in [0.29, 0.717) is 0 Å². The Kier molecular flexibility index (Phi) is 11.2. The predicted octanol–water partition coefficient (Wildman–Crippen LogP) is -0.549. The minimum absolute atomic E-state index is 0.0865. The second kappa shape index (κ2) is 10.1. The van der Waals surface area contributed by atoms with Crippen LogP contribution in [0.5, 0.6) is 0 Å². The molecule has 84 valence electrons. The van der Waals surface area contributed by atoms with Crippen LogP contribution in [0, 0.1) is 0 Å². The van der Waals surface area contributed by atoms with E-state index < -0.39 is 23.3 Å². The number of rotatable bonds is 3. The quantitative estimate of drug-likeness (QED) is 0.508. The number of carbonyl (C=O) groups is 2. The highest BCUT2D eigenvalue weighted by Crippen LogP contribution is 1.92. The lowest BCUT2D eigenvalue weighted by molar-refractivity contribution is -0.147. The Labute approximate surface area is 83.5 Å². The standard InChI is InChI=1S/C6H10O4.H2O3S/c1-9-5(7)3-4-6(8)10-2;1-4(2)3/h3-4H2,1-2H3;(H2,1,2,3)/p-1. The van der Waals surface area contributed by atoms with Gasteiger partial charge in [-0.15, -0.1) is 0 Å². The minimum atomic E-state index is -2.86. The van der Waals surface area contributed by atoms with Crippen molar-refractivity contribution < 1.29 is 32.4 Å². The number of methoxy groups -OCH3 is 2. The van der Waals surface area contributed by atoms with Crippen molar-refractivity contribution in [2.75, 3.05) is 14.2 Å². The molecule has 1 unspecified atom stereocenters. The molecule has 0 saturated heterocycles. The summed E-state index contributed by atoms with van der Waals surface area (Å²) in [5.41, 5.74) is 0. The van der Waals surface area contributed by atoms with Crippen molar-refractivity contribution in [3.05, 3.63) is 0 Å². The average molecular weight is 227 g/mol. The van der Waals surface area contributed by atoms with Gasteiger partial charge in [0, 0.05) is 0 Å². The van der Waals surface area contributed by atoms with Crippen molar-refractivity contribution in [1.82, 2.24) is 0 Å². The summed E-state index contributed by atoms with van der Waals surface area (Å²) in [7, 11) is 2.55. The van der Waals surface area contributed by atoms with Crippen molar-refractivity contribution in [1.29, 1.82) is 0 Å². The van der Waals surface area contributed by atoms with Crippen LogP contribution >= 0.6 is 0 Å². The molecule has 0 aliphatic rings. The number of hydrogen-bond donors (Lipinski definition) is 1. The van der Waals surface area contributed by atoms with Gasteiger partial charge in [-0.2, -0.15) is 0 Å². The third-order valence-corrected chi connectivity index (χ3v) is 0.989. The van der Waals surface area contributed by atoms with Crippen molar-refractivity contribution in [2.24, 2.45) is 0 Å². The molecule has 8 heteroatoms. The van der Waals surface area contributed by atoms with E-state index in [1.54, 1.807) is 0 Å². The number of ether oxygens (including phenoxy) is 2. The maximum Gasteiger partial charge on any atom is 0.306 e. The SMILES string of the molecule is COC(=O)CCC(=O)OC.O=S([O-])O. The molecule has 0 heterocycles. The molecule has 0 aromatic heterocycles. The van der Waals surface area contributed by atoms with Crippen LogP contribution in [-0.4, -0.2) is 39.5 Å². The van der Waals surface area contributed by atoms with Crippen molar-refractivity contribution in [3.63, 3.8) is 0 Å². The van der Waals surface area contributed by atoms with Gasteiger partial charge in [-0.1, -0.05) is 0 Å². The average Bonchev–Trinajstić information content (AvgIpc) is 2.12. The van der Waals surface area contributed by atoms with Crippen molar-refractivity contribution in [2.45, 2.75) is 12.8 Å². The molecule has 1 N–H and O–H groups in total. The van der Waals surface area contributed by atoms with Crippen LogP contribution in [0.4, 0.5) is 0 Å². The molecule has 0 fully saturated rings. The molecule has 0 saturated carbocycles. The smallest absolute Gasteiger partial charge is 0.306 e. The fraction of sp³-hybridized carbons (Fsp3) is 0.667. The first-order valence-electron chi connectivity index (χ1n) is 3.36. The molecule has 0 spiro atoms. The van der Waals surface area contributed by atoms with E-state index in [1.807, 2.05) is 0 Å². The number of esters is 2. The molecule has 7 nitrogen and oxygen atoms in total. The lowest BCUT2D eigenvalue weighted by Crippen LogP contribution is -2.06. The Morgan fingerprint density at radius 3 is 1.57 bits per heavy atom. The second-order valence-corrected chi connectivity index (χ2v) is 2.30. The summed E-state index contributed by atoms with van der Waals surface area (Å²) >= 11 is -2.86. The van der Waals surface area contributed by atoms with Gasteiger partial charge >= 0.3 is 11.9 Å². The Bertz CT molecular complexity index is 182. The number of carbonyl (C=O) groups excluding carboxylic acids is 2. The zero-order chi connectivity index (χ0) is 11.6. The maximum absolute atomic E-state index is 10.4. The highest BCUT2D eigenvalue weighted by Gasteiger charge is 2.04. The molecule has 0 amide bonds. The lowest BCUT2D eigenvalue weighted by atomic mass is 10.3. The third-order valence-electron chi connectivity index (χ3n) is 0.989. The van der Waals surface area contributed by atoms with Gasteiger partial charge in [-0.3, -0.25) is 9.59 Å². The van der Waals surface area contributed by atoms with Gasteiger partial charge in [0.25, 0.3) is 0 Å². The van der Waals surface area contributed by atoms with Crippen molar-refractivity contribution in [3.8, 4) is 0 Å². The summed E-state index contributed by atoms with van der Waals surface area (Å²) in [6.45, 7) is 0. The molecule has 0 aliphatic carbocycles. The van der Waals surface area contributed by atoms with Gasteiger partial charge in [0.15, 0.2) is 0 Å². The monoisotopic (exact) mass is 227 g/mol. The van der Waals surface area contributed by atoms with Crippen LogP contribution in [-0.2, 0) is 30.4 Å². The van der Waals surface area contributed by atoms with Gasteiger partial charge < -0.3 is 18.6 Å². The summed E-state index contributed by atoms with van der Waals surface area (Å²) in [5, 5.41) is 0. The van der Waals surface area contributed by atoms with Crippen LogP contribution in [0.2, 0.25) is 0 Å². The molecular formula is C6H11O7S-. The molecular weight excluding hydrogens is 216 g/mol. The van der Waals surface area contributed by atoms with Crippen LogP contribution in [0.25, 0.3) is 0 Å². The fourth-order valence-electron chi connectivity index (χ4n) is 0.408. The zero-order valence-corrected chi connectivity index (χ0v) is 8.54. The highest BCUT2D eigenvalue weighted by molar-refractivity contribution is 7.73. The van der Waals surface area contributed by atoms with Gasteiger partial charge in [0.2, 0.25) is 0 Å². The van der Waals surface area contributed by atoms with E-state index in [9.17, 15) is 9.59 Å². The first kappa shape index (κ1) is 15.5. The zero-order valence-electron chi connectivity index (χ0n) is 7.72. The summed E-state index contributed by atoms with van der Waals surface area (Å²) < 4.78 is 32.7. The maximum atomic E-state index is 10.4. The van der Waals surface area contributed by atoms with Crippen LogP contribution < -0.4 is 0 Å². The molecule has 0 rings (SSSR count). The summed E-state index contributed by atoms with van der Waals surface area (Å²) in [6, 6.07) is 0. The van der Waals surface area contributed by atoms with E-state index in [4.69, 9.17) is 13.3 Å². The molecule has 14 heavy (non-hydrogen) atoms. The van der Waals surface area contributed by atoms with Crippen LogP contribution in [0.15, 0.2) is 0 Å². The first-order valence-corrected chi connectivity index (χ1v) is 4.39. The molecule has 0 aliphatic heterocycles. The summed E-state index contributed by atoms with van der Waals surface area (Å²) in [4.78, 5) is 20.8. The third kappa shape index (κ3) is 17.2. The first-order chi connectivity index (χ1) is 6.43. The Morgan fingerprint density at radius 1 is 1.21 bits per heavy atom. The minimum Gasteiger partial charge on any atom is -0.750 e. The highest BCUT2D eigenvalue weighted by atomic mass is 32.2. The van der Waals surface area contributed by atoms with Crippen LogP contribution in [0.1, 0.15) is 12.8 Å². The topological polar surface area (TPSA) is 113 Å². The van der Waals surface area contributed by atoms with E-state index in [1.165, 1.54) is 14.2 Å². The van der Waals surface area contributed by atoms with Gasteiger partial charge in [0.05, 0.1) is 38.4 Å². The Morgan fingerprint density at radius 2 is 1.43 bits per heavy atom. The molecule has 1 atom stereocenters. The van der Waals surface area contributed by atoms with Gasteiger partial charge in [-0.25, -0.2) is 4.21 Å².